The highest BCUT2D eigenvalue weighted by molar-refractivity contribution is 5.91. The van der Waals surface area contributed by atoms with Crippen LogP contribution in [0.15, 0.2) is 36.5 Å². The van der Waals surface area contributed by atoms with Crippen molar-refractivity contribution in [2.45, 2.75) is 26.9 Å². The number of halogens is 1. The van der Waals surface area contributed by atoms with Gasteiger partial charge in [0.2, 0.25) is 0 Å². The van der Waals surface area contributed by atoms with Gasteiger partial charge in [0.25, 0.3) is 5.91 Å². The number of nitrogens with zero attached hydrogens (tertiary/aromatic N) is 5. The van der Waals surface area contributed by atoms with Crippen LogP contribution >= 0.6 is 0 Å². The van der Waals surface area contributed by atoms with Gasteiger partial charge in [-0.05, 0) is 37.6 Å². The van der Waals surface area contributed by atoms with Crippen molar-refractivity contribution >= 4 is 5.91 Å². The molecule has 2 heterocycles. The second-order valence-electron chi connectivity index (χ2n) is 5.68. The van der Waals surface area contributed by atoms with Crippen molar-refractivity contribution in [1.29, 1.82) is 0 Å². The summed E-state index contributed by atoms with van der Waals surface area (Å²) < 4.78 is 14.4. The molecule has 0 saturated heterocycles. The molecule has 0 aliphatic rings. The Morgan fingerprint density at radius 3 is 2.52 bits per heavy atom. The smallest absolute Gasteiger partial charge is 0.273 e. The lowest BCUT2D eigenvalue weighted by Gasteiger charge is -2.04. The number of hydrogen-bond donors (Lipinski definition) is 1. The molecule has 7 nitrogen and oxygen atoms in total. The number of nitrogens with one attached hydrogen (secondary N) is 1. The summed E-state index contributed by atoms with van der Waals surface area (Å²) in [5, 5.41) is 10.5. The first-order valence-electron chi connectivity index (χ1n) is 7.73. The van der Waals surface area contributed by atoms with Gasteiger partial charge in [-0.2, -0.15) is 0 Å². The van der Waals surface area contributed by atoms with Gasteiger partial charge in [-0.3, -0.25) is 4.79 Å². The van der Waals surface area contributed by atoms with E-state index in [1.165, 1.54) is 16.8 Å². The molecular formula is C17H17FN6O. The molecule has 0 radical (unpaired) electrons. The van der Waals surface area contributed by atoms with Crippen LogP contribution in [-0.2, 0) is 13.1 Å². The van der Waals surface area contributed by atoms with Crippen LogP contribution in [0.4, 0.5) is 4.39 Å². The van der Waals surface area contributed by atoms with Gasteiger partial charge >= 0.3 is 0 Å². The monoisotopic (exact) mass is 340 g/mol. The van der Waals surface area contributed by atoms with Crippen LogP contribution in [0.3, 0.4) is 0 Å². The summed E-state index contributed by atoms with van der Waals surface area (Å²) in [5.74, 6) is -0.103. The van der Waals surface area contributed by atoms with Crippen molar-refractivity contribution in [3.8, 4) is 0 Å². The van der Waals surface area contributed by atoms with Gasteiger partial charge in [0.15, 0.2) is 5.69 Å². The van der Waals surface area contributed by atoms with E-state index >= 15 is 0 Å². The zero-order valence-electron chi connectivity index (χ0n) is 13.9. The summed E-state index contributed by atoms with van der Waals surface area (Å²) in [6.45, 7) is 4.37. The fourth-order valence-corrected chi connectivity index (χ4v) is 2.38. The Morgan fingerprint density at radius 2 is 1.84 bits per heavy atom. The first-order valence-corrected chi connectivity index (χ1v) is 7.73. The van der Waals surface area contributed by atoms with Crippen LogP contribution in [-0.4, -0.2) is 30.9 Å². The molecule has 0 unspecified atom stereocenters. The predicted octanol–water partition coefficient (Wildman–Crippen LogP) is 1.80. The van der Waals surface area contributed by atoms with E-state index in [1.807, 2.05) is 19.9 Å². The van der Waals surface area contributed by atoms with E-state index in [1.54, 1.807) is 18.3 Å². The standard InChI is InChI=1S/C17H17FN6O/c1-11-7-12(2)21-16(20-11)8-19-17(25)15-10-24(23-22-15)9-13-3-5-14(18)6-4-13/h3-7,10H,8-9H2,1-2H3,(H,19,25). The Hall–Kier alpha value is -3.16. The van der Waals surface area contributed by atoms with E-state index in [4.69, 9.17) is 0 Å². The molecule has 1 aromatic carbocycles. The summed E-state index contributed by atoms with van der Waals surface area (Å²) in [5.41, 5.74) is 2.76. The zero-order valence-corrected chi connectivity index (χ0v) is 13.9. The molecule has 8 heteroatoms. The van der Waals surface area contributed by atoms with E-state index in [0.29, 0.717) is 12.4 Å². The predicted molar refractivity (Wildman–Crippen MR) is 88.2 cm³/mol. The van der Waals surface area contributed by atoms with Gasteiger partial charge in [0, 0.05) is 11.4 Å². The number of carbonyl (C=O) groups excluding carboxylic acids is 1. The maximum Gasteiger partial charge on any atom is 0.273 e. The van der Waals surface area contributed by atoms with E-state index in [0.717, 1.165) is 17.0 Å². The lowest BCUT2D eigenvalue weighted by atomic mass is 10.2. The fourth-order valence-electron chi connectivity index (χ4n) is 2.38. The summed E-state index contributed by atoms with van der Waals surface area (Å²) in [7, 11) is 0. The molecule has 3 rings (SSSR count). The number of aromatic nitrogens is 5. The van der Waals surface area contributed by atoms with E-state index in [2.05, 4.69) is 25.6 Å². The highest BCUT2D eigenvalue weighted by atomic mass is 19.1. The molecule has 3 aromatic rings. The van der Waals surface area contributed by atoms with Crippen LogP contribution in [0.1, 0.15) is 33.3 Å². The largest absolute Gasteiger partial charge is 0.343 e. The van der Waals surface area contributed by atoms with Crippen LogP contribution in [0.25, 0.3) is 0 Å². The van der Waals surface area contributed by atoms with Gasteiger partial charge in [0.05, 0.1) is 19.3 Å². The molecule has 0 atom stereocenters. The Bertz CT molecular complexity index is 870. The molecule has 0 aliphatic carbocycles. The van der Waals surface area contributed by atoms with Gasteiger partial charge in [-0.25, -0.2) is 19.0 Å². The Balaban J connectivity index is 1.61. The Morgan fingerprint density at radius 1 is 1.16 bits per heavy atom. The van der Waals surface area contributed by atoms with Crippen molar-refractivity contribution in [3.63, 3.8) is 0 Å². The molecular weight excluding hydrogens is 323 g/mol. The van der Waals surface area contributed by atoms with Crippen LogP contribution in [0.2, 0.25) is 0 Å². The van der Waals surface area contributed by atoms with Crippen molar-refractivity contribution < 1.29 is 9.18 Å². The Kier molecular flexibility index (Phi) is 4.78. The minimum atomic E-state index is -0.354. The molecule has 128 valence electrons. The first-order chi connectivity index (χ1) is 12.0. The van der Waals surface area contributed by atoms with Crippen LogP contribution < -0.4 is 5.32 Å². The summed E-state index contributed by atoms with van der Waals surface area (Å²) in [6, 6.07) is 7.95. The molecule has 1 N–H and O–H groups in total. The third-order valence-corrected chi connectivity index (χ3v) is 3.46. The average Bonchev–Trinajstić information content (AvgIpc) is 3.02. The van der Waals surface area contributed by atoms with Crippen molar-refractivity contribution in [1.82, 2.24) is 30.3 Å². The normalized spacial score (nSPS) is 10.7. The van der Waals surface area contributed by atoms with E-state index in [9.17, 15) is 9.18 Å². The summed E-state index contributed by atoms with van der Waals surface area (Å²) in [6.07, 6.45) is 1.54. The molecule has 0 saturated carbocycles. The molecule has 0 bridgehead atoms. The molecule has 2 aromatic heterocycles. The second-order valence-corrected chi connectivity index (χ2v) is 5.68. The highest BCUT2D eigenvalue weighted by Gasteiger charge is 2.11. The number of amides is 1. The fraction of sp³-hybridized carbons (Fsp3) is 0.235. The minimum Gasteiger partial charge on any atom is -0.343 e. The number of aryl methyl sites for hydroxylation is 2. The maximum absolute atomic E-state index is 12.9. The topological polar surface area (TPSA) is 85.6 Å². The van der Waals surface area contributed by atoms with Gasteiger partial charge in [-0.15, -0.1) is 5.10 Å². The third-order valence-electron chi connectivity index (χ3n) is 3.46. The number of rotatable bonds is 5. The molecule has 25 heavy (non-hydrogen) atoms. The van der Waals surface area contributed by atoms with Gasteiger partial charge in [0.1, 0.15) is 11.6 Å². The lowest BCUT2D eigenvalue weighted by molar-refractivity contribution is 0.0944. The van der Waals surface area contributed by atoms with Crippen molar-refractivity contribution in [2.75, 3.05) is 0 Å². The highest BCUT2D eigenvalue weighted by Crippen LogP contribution is 2.05. The summed E-state index contributed by atoms with van der Waals surface area (Å²) >= 11 is 0. The van der Waals surface area contributed by atoms with Crippen molar-refractivity contribution in [3.05, 3.63) is 70.8 Å². The number of carbonyl (C=O) groups is 1. The maximum atomic E-state index is 12.9. The molecule has 0 spiro atoms. The minimum absolute atomic E-state index is 0.200. The van der Waals surface area contributed by atoms with E-state index in [-0.39, 0.29) is 24.0 Å². The average molecular weight is 340 g/mol. The quantitative estimate of drug-likeness (QED) is 0.765. The van der Waals surface area contributed by atoms with Crippen molar-refractivity contribution in [2.24, 2.45) is 0 Å². The van der Waals surface area contributed by atoms with Crippen LogP contribution in [0, 0.1) is 19.7 Å². The lowest BCUT2D eigenvalue weighted by Crippen LogP contribution is -2.24. The third kappa shape index (κ3) is 4.43. The first kappa shape index (κ1) is 16.7. The van der Waals surface area contributed by atoms with Gasteiger partial charge in [-0.1, -0.05) is 17.3 Å². The van der Waals surface area contributed by atoms with Gasteiger partial charge < -0.3 is 5.32 Å². The Labute approximate surface area is 143 Å². The SMILES string of the molecule is Cc1cc(C)nc(CNC(=O)c2cn(Cc3ccc(F)cc3)nn2)n1. The molecule has 0 fully saturated rings. The number of hydrogen-bond acceptors (Lipinski definition) is 5. The number of benzene rings is 1. The zero-order chi connectivity index (χ0) is 17.8. The second kappa shape index (κ2) is 7.16. The van der Waals surface area contributed by atoms with E-state index < -0.39 is 0 Å². The molecule has 0 aliphatic heterocycles. The summed E-state index contributed by atoms with van der Waals surface area (Å²) in [4.78, 5) is 20.7. The molecule has 1 amide bonds. The van der Waals surface area contributed by atoms with Crippen LogP contribution in [0.5, 0.6) is 0 Å².